The quantitative estimate of drug-likeness (QED) is 0.841. The van der Waals surface area contributed by atoms with Crippen LogP contribution in [0.25, 0.3) is 0 Å². The van der Waals surface area contributed by atoms with Crippen LogP contribution in [0.1, 0.15) is 52.9 Å². The maximum atomic E-state index is 12.6. The van der Waals surface area contributed by atoms with Crippen LogP contribution >= 0.6 is 0 Å². The normalized spacial score (nSPS) is 41.6. The van der Waals surface area contributed by atoms with Gasteiger partial charge < -0.3 is 15.8 Å². The zero-order valence-electron chi connectivity index (χ0n) is 14.3. The minimum absolute atomic E-state index is 0.0522. The molecule has 1 saturated heterocycles. The first-order chi connectivity index (χ1) is 10.4. The highest BCUT2D eigenvalue weighted by Crippen LogP contribution is 2.47. The number of rotatable bonds is 3. The van der Waals surface area contributed by atoms with Crippen molar-refractivity contribution in [2.75, 3.05) is 13.2 Å². The number of hydrogen-bond acceptors (Lipinski definition) is 3. The van der Waals surface area contributed by atoms with Gasteiger partial charge in [0.2, 0.25) is 5.91 Å². The molecule has 0 radical (unpaired) electrons. The summed E-state index contributed by atoms with van der Waals surface area (Å²) in [7, 11) is 0. The molecule has 0 aromatic carbocycles. The fraction of sp³-hybridized carbons (Fsp3) is 0.944. The topological polar surface area (TPSA) is 64.3 Å². The van der Waals surface area contributed by atoms with Gasteiger partial charge in [0.1, 0.15) is 0 Å². The van der Waals surface area contributed by atoms with E-state index in [2.05, 4.69) is 26.1 Å². The molecule has 1 heterocycles. The highest BCUT2D eigenvalue weighted by molar-refractivity contribution is 5.80. The van der Waals surface area contributed by atoms with Gasteiger partial charge in [0.05, 0.1) is 12.0 Å². The number of nitrogens with one attached hydrogen (secondary N) is 1. The van der Waals surface area contributed by atoms with Gasteiger partial charge in [0.15, 0.2) is 0 Å². The molecule has 4 heteroatoms. The predicted octanol–water partition coefficient (Wildman–Crippen LogP) is 2.32. The first-order valence-corrected chi connectivity index (χ1v) is 9.03. The van der Waals surface area contributed by atoms with E-state index in [4.69, 9.17) is 10.5 Å². The third-order valence-electron chi connectivity index (χ3n) is 6.12. The Morgan fingerprint density at radius 3 is 2.59 bits per heavy atom. The van der Waals surface area contributed by atoms with E-state index in [-0.39, 0.29) is 29.4 Å². The van der Waals surface area contributed by atoms with Crippen molar-refractivity contribution in [1.82, 2.24) is 5.32 Å². The Kier molecular flexibility index (Phi) is 4.52. The van der Waals surface area contributed by atoms with E-state index in [1.54, 1.807) is 0 Å². The molecule has 3 fully saturated rings. The molecule has 0 spiro atoms. The second kappa shape index (κ2) is 6.12. The number of fused-ring (bicyclic) bond motifs is 2. The molecule has 2 aliphatic carbocycles. The van der Waals surface area contributed by atoms with Gasteiger partial charge in [-0.3, -0.25) is 4.79 Å². The summed E-state index contributed by atoms with van der Waals surface area (Å²) < 4.78 is 6.01. The smallest absolute Gasteiger partial charge is 0.224 e. The number of carbonyl (C=O) groups is 1. The monoisotopic (exact) mass is 308 g/mol. The number of nitrogens with two attached hydrogens (primary N) is 1. The zero-order valence-corrected chi connectivity index (χ0v) is 14.3. The van der Waals surface area contributed by atoms with E-state index in [1.165, 1.54) is 12.8 Å². The Labute approximate surface area is 134 Å². The van der Waals surface area contributed by atoms with E-state index < -0.39 is 0 Å². The van der Waals surface area contributed by atoms with Crippen LogP contribution in [-0.2, 0) is 9.53 Å². The van der Waals surface area contributed by atoms with E-state index in [9.17, 15) is 4.79 Å². The summed E-state index contributed by atoms with van der Waals surface area (Å²) in [6.07, 6.45) is 6.05. The molecule has 0 aromatic heterocycles. The number of hydrogen-bond donors (Lipinski definition) is 2. The van der Waals surface area contributed by atoms with Gasteiger partial charge in [0, 0.05) is 25.1 Å². The van der Waals surface area contributed by atoms with Crippen molar-refractivity contribution in [3.8, 4) is 0 Å². The summed E-state index contributed by atoms with van der Waals surface area (Å²) >= 11 is 0. The van der Waals surface area contributed by atoms with Crippen LogP contribution in [-0.4, -0.2) is 31.2 Å². The van der Waals surface area contributed by atoms with Gasteiger partial charge in [0.25, 0.3) is 0 Å². The molecule has 6 atom stereocenters. The fourth-order valence-corrected chi connectivity index (χ4v) is 5.08. The van der Waals surface area contributed by atoms with E-state index in [0.29, 0.717) is 17.8 Å². The lowest BCUT2D eigenvalue weighted by atomic mass is 9.77. The molecule has 2 saturated carbocycles. The Balaban J connectivity index is 1.56. The van der Waals surface area contributed by atoms with Crippen molar-refractivity contribution in [1.29, 1.82) is 0 Å². The summed E-state index contributed by atoms with van der Waals surface area (Å²) in [6.45, 7) is 8.27. The van der Waals surface area contributed by atoms with Crippen LogP contribution in [0.3, 0.4) is 0 Å². The van der Waals surface area contributed by atoms with E-state index >= 15 is 0 Å². The van der Waals surface area contributed by atoms with Crippen LogP contribution in [0, 0.1) is 29.1 Å². The Morgan fingerprint density at radius 1 is 1.23 bits per heavy atom. The summed E-state index contributed by atoms with van der Waals surface area (Å²) in [4.78, 5) is 12.6. The minimum atomic E-state index is 0.0522. The third-order valence-corrected chi connectivity index (χ3v) is 6.12. The Hall–Kier alpha value is -0.610. The van der Waals surface area contributed by atoms with E-state index in [1.807, 2.05) is 0 Å². The van der Waals surface area contributed by atoms with Crippen molar-refractivity contribution < 1.29 is 9.53 Å². The van der Waals surface area contributed by atoms with Crippen molar-refractivity contribution in [3.63, 3.8) is 0 Å². The Bertz CT molecular complexity index is 416. The molecule has 0 aromatic rings. The number of amides is 1. The zero-order chi connectivity index (χ0) is 15.9. The predicted molar refractivity (Wildman–Crippen MR) is 87.2 cm³/mol. The highest BCUT2D eigenvalue weighted by atomic mass is 16.5. The average Bonchev–Trinajstić information content (AvgIpc) is 3.05. The standard InChI is InChI=1S/C18H32N2O2/c1-18(2,3)16-13(5-4-8-22-16)10-20-17(21)14-11-6-7-12(9-11)15(14)19/h11-16H,4-10,19H2,1-3H3,(H,20,21). The molecule has 1 aliphatic heterocycles. The molecule has 2 bridgehead atoms. The summed E-state index contributed by atoms with van der Waals surface area (Å²) in [5, 5.41) is 3.21. The summed E-state index contributed by atoms with van der Waals surface area (Å²) in [6, 6.07) is 0.0831. The molecule has 6 unspecified atom stereocenters. The molecule has 3 rings (SSSR count). The first kappa shape index (κ1) is 16.3. The van der Waals surface area contributed by atoms with Gasteiger partial charge in [-0.1, -0.05) is 20.8 Å². The third kappa shape index (κ3) is 3.05. The molecular formula is C18H32N2O2. The molecule has 126 valence electrons. The van der Waals surface area contributed by atoms with Gasteiger partial charge in [-0.05, 0) is 49.4 Å². The first-order valence-electron chi connectivity index (χ1n) is 9.03. The lowest BCUT2D eigenvalue weighted by Crippen LogP contribution is -2.49. The average molecular weight is 308 g/mol. The SMILES string of the molecule is CC(C)(C)C1OCCCC1CNC(=O)C1C2CCC(C2)C1N. The van der Waals surface area contributed by atoms with Crippen LogP contribution < -0.4 is 11.1 Å². The van der Waals surface area contributed by atoms with Crippen molar-refractivity contribution in [2.24, 2.45) is 34.8 Å². The fourth-order valence-electron chi connectivity index (χ4n) is 5.08. The summed E-state index contributed by atoms with van der Waals surface area (Å²) in [5.41, 5.74) is 6.41. The molecule has 3 aliphatic rings. The molecule has 4 nitrogen and oxygen atoms in total. The van der Waals surface area contributed by atoms with Gasteiger partial charge in [-0.2, -0.15) is 0 Å². The van der Waals surface area contributed by atoms with E-state index in [0.717, 1.165) is 32.4 Å². The van der Waals surface area contributed by atoms with Gasteiger partial charge in [-0.15, -0.1) is 0 Å². The van der Waals surface area contributed by atoms with Crippen molar-refractivity contribution in [2.45, 2.75) is 65.0 Å². The molecular weight excluding hydrogens is 276 g/mol. The lowest BCUT2D eigenvalue weighted by Gasteiger charge is -2.40. The van der Waals surface area contributed by atoms with Gasteiger partial charge >= 0.3 is 0 Å². The van der Waals surface area contributed by atoms with Crippen LogP contribution in [0.5, 0.6) is 0 Å². The maximum Gasteiger partial charge on any atom is 0.224 e. The highest BCUT2D eigenvalue weighted by Gasteiger charge is 2.49. The lowest BCUT2D eigenvalue weighted by molar-refractivity contribution is -0.128. The van der Waals surface area contributed by atoms with Gasteiger partial charge in [-0.25, -0.2) is 0 Å². The maximum absolute atomic E-state index is 12.6. The largest absolute Gasteiger partial charge is 0.377 e. The number of carbonyl (C=O) groups excluding carboxylic acids is 1. The number of ether oxygens (including phenoxy) is 1. The van der Waals surface area contributed by atoms with Crippen LogP contribution in [0.2, 0.25) is 0 Å². The van der Waals surface area contributed by atoms with Crippen molar-refractivity contribution in [3.05, 3.63) is 0 Å². The van der Waals surface area contributed by atoms with Crippen LogP contribution in [0.15, 0.2) is 0 Å². The second-order valence-corrected chi connectivity index (χ2v) is 8.74. The second-order valence-electron chi connectivity index (χ2n) is 8.74. The molecule has 22 heavy (non-hydrogen) atoms. The van der Waals surface area contributed by atoms with Crippen molar-refractivity contribution >= 4 is 5.91 Å². The van der Waals surface area contributed by atoms with Crippen LogP contribution in [0.4, 0.5) is 0 Å². The Morgan fingerprint density at radius 2 is 1.95 bits per heavy atom. The molecule has 3 N–H and O–H groups in total. The summed E-state index contributed by atoms with van der Waals surface area (Å²) in [5.74, 6) is 1.78. The minimum Gasteiger partial charge on any atom is -0.377 e. The molecule has 1 amide bonds.